The molecule has 0 saturated carbocycles. The first-order valence-corrected chi connectivity index (χ1v) is 9.27. The number of alkyl halides is 3. The molecular weight excluding hydrogens is 436 g/mol. The molecule has 1 heterocycles. The second-order valence-corrected chi connectivity index (χ2v) is 8.00. The van der Waals surface area contributed by atoms with Gasteiger partial charge in [-0.15, -0.1) is 0 Å². The molecule has 0 atom stereocenters. The average Bonchev–Trinajstić information content (AvgIpc) is 2.83. The Morgan fingerprint density at radius 3 is 2.09 bits per heavy atom. The molecule has 32 heavy (non-hydrogen) atoms. The topological polar surface area (TPSA) is 99.9 Å². The molecule has 1 aromatic carbocycles. The monoisotopic (exact) mass is 463 g/mol. The first-order chi connectivity index (χ1) is 14.1. The number of hydrogen-bond acceptors (Lipinski definition) is 5. The zero-order valence-electron chi connectivity index (χ0n) is 17.4. The molecule has 178 valence electrons. The second-order valence-electron chi connectivity index (χ2n) is 8.00. The third kappa shape index (κ3) is 5.66. The SMILES string of the molecule is C.CC1(C)OB(c2ccc(/C(C=NCCC(N)=O)=C(/N)C(F)(F)F)c(F)c2F)OC1(C)C. The van der Waals surface area contributed by atoms with Crippen LogP contribution in [-0.4, -0.2) is 43.2 Å². The van der Waals surface area contributed by atoms with Gasteiger partial charge in [0.25, 0.3) is 0 Å². The summed E-state index contributed by atoms with van der Waals surface area (Å²) in [7, 11) is -1.26. The Bertz CT molecular complexity index is 914. The van der Waals surface area contributed by atoms with Gasteiger partial charge in [-0.2, -0.15) is 13.2 Å². The van der Waals surface area contributed by atoms with Crippen molar-refractivity contribution in [3.63, 3.8) is 0 Å². The van der Waals surface area contributed by atoms with Gasteiger partial charge in [0, 0.05) is 35.8 Å². The Labute approximate surface area is 184 Å². The first kappa shape index (κ1) is 27.6. The second kappa shape index (κ2) is 9.57. The third-order valence-electron chi connectivity index (χ3n) is 5.21. The van der Waals surface area contributed by atoms with Crippen molar-refractivity contribution < 1.29 is 36.1 Å². The molecule has 0 radical (unpaired) electrons. The van der Waals surface area contributed by atoms with E-state index in [0.29, 0.717) is 6.21 Å². The van der Waals surface area contributed by atoms with Crippen molar-refractivity contribution in [2.45, 2.75) is 58.9 Å². The lowest BCUT2D eigenvalue weighted by Gasteiger charge is -2.32. The van der Waals surface area contributed by atoms with Gasteiger partial charge in [0.1, 0.15) is 5.70 Å². The normalized spacial score (nSPS) is 18.5. The van der Waals surface area contributed by atoms with Crippen molar-refractivity contribution in [2.75, 3.05) is 6.54 Å². The minimum atomic E-state index is -5.03. The molecule has 6 nitrogen and oxygen atoms in total. The molecule has 1 aliphatic heterocycles. The molecule has 0 aliphatic carbocycles. The van der Waals surface area contributed by atoms with Crippen LogP contribution in [0.3, 0.4) is 0 Å². The lowest BCUT2D eigenvalue weighted by atomic mass is 9.77. The van der Waals surface area contributed by atoms with Gasteiger partial charge in [0.05, 0.1) is 11.2 Å². The van der Waals surface area contributed by atoms with Gasteiger partial charge in [0.2, 0.25) is 5.91 Å². The third-order valence-corrected chi connectivity index (χ3v) is 5.21. The standard InChI is InChI=1S/C19H23BF5N3O3.CH4/c1-17(2)18(3,4)31-20(30-17)12-6-5-10(14(21)15(12)22)11(16(27)19(23,24)25)9-28-8-7-13(26)29;/h5-6,9H,7-8,27H2,1-4H3,(H2,26,29);1H4/b16-11+,28-9?;. The molecule has 0 spiro atoms. The van der Waals surface area contributed by atoms with E-state index in [4.69, 9.17) is 20.8 Å². The van der Waals surface area contributed by atoms with Crippen LogP contribution in [0.1, 0.15) is 47.1 Å². The van der Waals surface area contributed by atoms with Crippen LogP contribution in [0.4, 0.5) is 22.0 Å². The molecule has 0 aromatic heterocycles. The van der Waals surface area contributed by atoms with Crippen molar-refractivity contribution in [3.05, 3.63) is 35.0 Å². The van der Waals surface area contributed by atoms with Crippen molar-refractivity contribution in [3.8, 4) is 0 Å². The molecule has 0 unspecified atom stereocenters. The van der Waals surface area contributed by atoms with Crippen LogP contribution >= 0.6 is 0 Å². The van der Waals surface area contributed by atoms with Gasteiger partial charge in [-0.3, -0.25) is 9.79 Å². The van der Waals surface area contributed by atoms with Gasteiger partial charge in [0.15, 0.2) is 11.6 Å². The maximum absolute atomic E-state index is 14.9. The van der Waals surface area contributed by atoms with Crippen LogP contribution in [0.15, 0.2) is 22.8 Å². The van der Waals surface area contributed by atoms with Crippen LogP contribution in [0.2, 0.25) is 0 Å². The van der Waals surface area contributed by atoms with E-state index in [1.807, 2.05) is 0 Å². The van der Waals surface area contributed by atoms with Crippen molar-refractivity contribution in [1.82, 2.24) is 0 Å². The fraction of sp³-hybridized carbons (Fsp3) is 0.500. The van der Waals surface area contributed by atoms with Gasteiger partial charge >= 0.3 is 13.3 Å². The van der Waals surface area contributed by atoms with Gasteiger partial charge in [-0.25, -0.2) is 8.78 Å². The Balaban J connectivity index is 0.00000512. The highest BCUT2D eigenvalue weighted by Gasteiger charge is 2.52. The van der Waals surface area contributed by atoms with E-state index in [9.17, 15) is 26.7 Å². The summed E-state index contributed by atoms with van der Waals surface area (Å²) in [6.45, 7) is 6.60. The number of halogens is 5. The molecule has 12 heteroatoms. The zero-order chi connectivity index (χ0) is 23.8. The number of carbonyl (C=O) groups excluding carboxylic acids is 1. The van der Waals surface area contributed by atoms with Crippen LogP contribution in [0, 0.1) is 11.6 Å². The molecule has 4 N–H and O–H groups in total. The lowest BCUT2D eigenvalue weighted by molar-refractivity contribution is -0.117. The quantitative estimate of drug-likeness (QED) is 0.385. The molecule has 0 bridgehead atoms. The summed E-state index contributed by atoms with van der Waals surface area (Å²) in [5, 5.41) is 0. The number of hydrogen-bond donors (Lipinski definition) is 2. The summed E-state index contributed by atoms with van der Waals surface area (Å²) in [5.41, 5.74) is 4.81. The summed E-state index contributed by atoms with van der Waals surface area (Å²) in [6.07, 6.45) is -4.64. The van der Waals surface area contributed by atoms with E-state index in [1.165, 1.54) is 0 Å². The Kier molecular flexibility index (Phi) is 8.25. The fourth-order valence-corrected chi connectivity index (χ4v) is 2.69. The molecule has 2 rings (SSSR count). The predicted octanol–water partition coefficient (Wildman–Crippen LogP) is 3.08. The minimum absolute atomic E-state index is 0. The van der Waals surface area contributed by atoms with E-state index in [1.54, 1.807) is 27.7 Å². The molecule has 1 saturated heterocycles. The number of primary amides is 1. The number of nitrogens with two attached hydrogens (primary N) is 2. The van der Waals surface area contributed by atoms with Crippen LogP contribution in [-0.2, 0) is 14.1 Å². The predicted molar refractivity (Wildman–Crippen MR) is 113 cm³/mol. The van der Waals surface area contributed by atoms with Crippen LogP contribution in [0.5, 0.6) is 0 Å². The van der Waals surface area contributed by atoms with Crippen molar-refractivity contribution in [1.29, 1.82) is 0 Å². The number of rotatable bonds is 6. The number of amides is 1. The number of aliphatic imine (C=N–C) groups is 1. The first-order valence-electron chi connectivity index (χ1n) is 9.27. The lowest BCUT2D eigenvalue weighted by Crippen LogP contribution is -2.41. The van der Waals surface area contributed by atoms with Gasteiger partial charge in [-0.05, 0) is 27.7 Å². The average molecular weight is 463 g/mol. The van der Waals surface area contributed by atoms with Gasteiger partial charge in [-0.1, -0.05) is 19.6 Å². The maximum atomic E-state index is 14.9. The summed E-state index contributed by atoms with van der Waals surface area (Å²) in [5.74, 6) is -3.74. The maximum Gasteiger partial charge on any atom is 0.497 e. The van der Waals surface area contributed by atoms with Crippen LogP contribution in [0.25, 0.3) is 5.57 Å². The molecule has 1 aromatic rings. The highest BCUT2D eigenvalue weighted by atomic mass is 19.4. The summed E-state index contributed by atoms with van der Waals surface area (Å²) >= 11 is 0. The summed E-state index contributed by atoms with van der Waals surface area (Å²) in [4.78, 5) is 14.4. The molecular formula is C20H27BF5N3O3. The summed E-state index contributed by atoms with van der Waals surface area (Å²) in [6, 6.07) is 2.00. The van der Waals surface area contributed by atoms with Crippen LogP contribution < -0.4 is 16.9 Å². The highest BCUT2D eigenvalue weighted by molar-refractivity contribution is 6.62. The highest BCUT2D eigenvalue weighted by Crippen LogP contribution is 2.37. The minimum Gasteiger partial charge on any atom is -0.399 e. The summed E-state index contributed by atoms with van der Waals surface area (Å²) < 4.78 is 80.6. The number of allylic oxidation sites excluding steroid dienone is 2. The van der Waals surface area contributed by atoms with E-state index in [2.05, 4.69) is 4.99 Å². The largest absolute Gasteiger partial charge is 0.497 e. The Hall–Kier alpha value is -2.47. The van der Waals surface area contributed by atoms with Gasteiger partial charge < -0.3 is 20.8 Å². The fourth-order valence-electron chi connectivity index (χ4n) is 2.69. The molecule has 1 amide bonds. The van der Waals surface area contributed by atoms with E-state index < -0.39 is 58.9 Å². The number of nitrogens with zero attached hydrogens (tertiary/aromatic N) is 1. The zero-order valence-corrected chi connectivity index (χ0v) is 17.4. The molecule has 1 fully saturated rings. The number of benzene rings is 1. The molecule has 1 aliphatic rings. The smallest absolute Gasteiger partial charge is 0.399 e. The Morgan fingerprint density at radius 2 is 1.62 bits per heavy atom. The van der Waals surface area contributed by atoms with E-state index >= 15 is 0 Å². The van der Waals surface area contributed by atoms with Crippen molar-refractivity contribution >= 4 is 30.3 Å². The van der Waals surface area contributed by atoms with E-state index in [-0.39, 0.29) is 25.9 Å². The number of carbonyl (C=O) groups is 1. The van der Waals surface area contributed by atoms with Crippen molar-refractivity contribution in [2.24, 2.45) is 16.5 Å². The van der Waals surface area contributed by atoms with E-state index in [0.717, 1.165) is 12.1 Å². The Morgan fingerprint density at radius 1 is 1.09 bits per heavy atom.